The summed E-state index contributed by atoms with van der Waals surface area (Å²) < 4.78 is 0. The number of anilines is 1. The lowest BCUT2D eigenvalue weighted by molar-refractivity contribution is -0.142. The fourth-order valence-corrected chi connectivity index (χ4v) is 2.90. The van der Waals surface area contributed by atoms with E-state index >= 15 is 0 Å². The first-order valence-corrected chi connectivity index (χ1v) is 9.32. The first-order valence-electron chi connectivity index (χ1n) is 8.94. The molecule has 154 valence electrons. The van der Waals surface area contributed by atoms with Gasteiger partial charge in [-0.1, -0.05) is 62.7 Å². The van der Waals surface area contributed by atoms with Crippen molar-refractivity contribution in [3.05, 3.63) is 64.7 Å². The molecule has 0 radical (unpaired) electrons. The maximum atomic E-state index is 12.9. The number of halogens is 1. The zero-order valence-electron chi connectivity index (χ0n) is 16.4. The van der Waals surface area contributed by atoms with Gasteiger partial charge in [-0.2, -0.15) is 0 Å². The highest BCUT2D eigenvalue weighted by atomic mass is 35.5. The van der Waals surface area contributed by atoms with Crippen molar-refractivity contribution in [3.63, 3.8) is 0 Å². The standard InChI is InChI=1S/C21H24ClN3O4/c1-21(2,3)17(25-18(26)13-9-10-15(23)14(22)11-13)19(27)24-16(20(28)29)12-7-5-4-6-8-12/h4-11,16-17H,23H2,1-3H3,(H,24,27)(H,25,26)(H,28,29)/t16-,17+/m0/s1. The number of carboxylic acids is 1. The van der Waals surface area contributed by atoms with Crippen molar-refractivity contribution in [2.45, 2.75) is 32.9 Å². The molecule has 0 fully saturated rings. The number of hydrogen-bond acceptors (Lipinski definition) is 4. The Balaban J connectivity index is 2.24. The molecule has 0 heterocycles. The Labute approximate surface area is 174 Å². The lowest BCUT2D eigenvalue weighted by Crippen LogP contribution is -2.54. The van der Waals surface area contributed by atoms with Crippen molar-refractivity contribution in [3.8, 4) is 0 Å². The number of carboxylic acid groups (broad SMARTS) is 1. The van der Waals surface area contributed by atoms with Crippen LogP contribution in [0.4, 0.5) is 5.69 Å². The summed E-state index contributed by atoms with van der Waals surface area (Å²) in [5.74, 6) is -2.33. The van der Waals surface area contributed by atoms with Crippen LogP contribution < -0.4 is 16.4 Å². The smallest absolute Gasteiger partial charge is 0.330 e. The van der Waals surface area contributed by atoms with Crippen LogP contribution in [-0.2, 0) is 9.59 Å². The number of aliphatic carboxylic acids is 1. The van der Waals surface area contributed by atoms with E-state index < -0.39 is 35.3 Å². The van der Waals surface area contributed by atoms with Gasteiger partial charge in [0, 0.05) is 5.56 Å². The zero-order valence-corrected chi connectivity index (χ0v) is 17.2. The quantitative estimate of drug-likeness (QED) is 0.538. The third kappa shape index (κ3) is 5.71. The number of hydrogen-bond donors (Lipinski definition) is 4. The van der Waals surface area contributed by atoms with Gasteiger partial charge in [0.1, 0.15) is 6.04 Å². The highest BCUT2D eigenvalue weighted by Gasteiger charge is 2.35. The van der Waals surface area contributed by atoms with Gasteiger partial charge in [0.2, 0.25) is 5.91 Å². The van der Waals surface area contributed by atoms with Crippen LogP contribution in [0.3, 0.4) is 0 Å². The summed E-state index contributed by atoms with van der Waals surface area (Å²) in [6.45, 7) is 5.31. The first kappa shape index (κ1) is 22.2. The van der Waals surface area contributed by atoms with Crippen LogP contribution in [0.2, 0.25) is 5.02 Å². The summed E-state index contributed by atoms with van der Waals surface area (Å²) in [6.07, 6.45) is 0. The van der Waals surface area contributed by atoms with Gasteiger partial charge in [-0.05, 0) is 29.2 Å². The molecule has 2 aromatic rings. The van der Waals surface area contributed by atoms with Crippen molar-refractivity contribution in [1.29, 1.82) is 0 Å². The molecule has 29 heavy (non-hydrogen) atoms. The average molecular weight is 418 g/mol. The first-order chi connectivity index (χ1) is 13.5. The van der Waals surface area contributed by atoms with Crippen molar-refractivity contribution >= 4 is 35.1 Å². The Morgan fingerprint density at radius 3 is 2.17 bits per heavy atom. The van der Waals surface area contributed by atoms with Crippen LogP contribution in [0.15, 0.2) is 48.5 Å². The second-order valence-electron chi connectivity index (χ2n) is 7.70. The Bertz CT molecular complexity index is 910. The minimum Gasteiger partial charge on any atom is -0.479 e. The van der Waals surface area contributed by atoms with Crippen molar-refractivity contribution < 1.29 is 19.5 Å². The normalized spacial score (nSPS) is 13.2. The lowest BCUT2D eigenvalue weighted by atomic mass is 9.85. The second kappa shape index (κ2) is 8.96. The molecule has 0 aliphatic rings. The molecule has 5 N–H and O–H groups in total. The number of nitrogens with one attached hydrogen (secondary N) is 2. The monoisotopic (exact) mass is 417 g/mol. The zero-order chi connectivity index (χ0) is 21.8. The van der Waals surface area contributed by atoms with E-state index in [1.54, 1.807) is 51.1 Å². The summed E-state index contributed by atoms with van der Waals surface area (Å²) in [4.78, 5) is 37.3. The van der Waals surface area contributed by atoms with E-state index in [-0.39, 0.29) is 10.6 Å². The van der Waals surface area contributed by atoms with Crippen LogP contribution in [0.1, 0.15) is 42.7 Å². The summed E-state index contributed by atoms with van der Waals surface area (Å²) in [7, 11) is 0. The molecule has 0 saturated carbocycles. The third-order valence-corrected chi connectivity index (χ3v) is 4.66. The molecule has 2 rings (SSSR count). The molecule has 0 saturated heterocycles. The number of carbonyl (C=O) groups is 3. The van der Waals surface area contributed by atoms with E-state index in [2.05, 4.69) is 10.6 Å². The third-order valence-electron chi connectivity index (χ3n) is 4.33. The molecule has 0 spiro atoms. The van der Waals surface area contributed by atoms with Crippen LogP contribution in [-0.4, -0.2) is 28.9 Å². The maximum absolute atomic E-state index is 12.9. The van der Waals surface area contributed by atoms with Crippen molar-refractivity contribution in [2.75, 3.05) is 5.73 Å². The number of nitrogen functional groups attached to an aromatic ring is 1. The van der Waals surface area contributed by atoms with Gasteiger partial charge in [-0.3, -0.25) is 9.59 Å². The number of nitrogens with two attached hydrogens (primary N) is 1. The van der Waals surface area contributed by atoms with Gasteiger partial charge in [0.05, 0.1) is 10.7 Å². The van der Waals surface area contributed by atoms with Crippen LogP contribution in [0.5, 0.6) is 0 Å². The number of carbonyl (C=O) groups excluding carboxylic acids is 2. The Morgan fingerprint density at radius 2 is 1.66 bits per heavy atom. The molecular weight excluding hydrogens is 394 g/mol. The SMILES string of the molecule is CC(C)(C)[C@H](NC(=O)c1ccc(N)c(Cl)c1)C(=O)N[C@H](C(=O)O)c1ccccc1. The van der Waals surface area contributed by atoms with Crippen LogP contribution in [0.25, 0.3) is 0 Å². The average Bonchev–Trinajstić information content (AvgIpc) is 2.65. The Morgan fingerprint density at radius 1 is 1.03 bits per heavy atom. The molecule has 0 unspecified atom stereocenters. The topological polar surface area (TPSA) is 122 Å². The van der Waals surface area contributed by atoms with Crippen LogP contribution in [0, 0.1) is 5.41 Å². The Hall–Kier alpha value is -3.06. The van der Waals surface area contributed by atoms with Gasteiger partial charge in [-0.15, -0.1) is 0 Å². The van der Waals surface area contributed by atoms with Gasteiger partial charge >= 0.3 is 5.97 Å². The predicted octanol–water partition coefficient (Wildman–Crippen LogP) is 3.01. The van der Waals surface area contributed by atoms with E-state index in [0.29, 0.717) is 11.3 Å². The summed E-state index contributed by atoms with van der Waals surface area (Å²) in [6, 6.07) is 10.5. The number of rotatable bonds is 6. The van der Waals surface area contributed by atoms with Gasteiger partial charge in [0.25, 0.3) is 5.91 Å². The molecular formula is C21H24ClN3O4. The molecule has 0 aliphatic heterocycles. The van der Waals surface area contributed by atoms with Gasteiger partial charge in [0.15, 0.2) is 6.04 Å². The van der Waals surface area contributed by atoms with Gasteiger partial charge in [-0.25, -0.2) is 4.79 Å². The Kier molecular flexibility index (Phi) is 6.87. The largest absolute Gasteiger partial charge is 0.479 e. The summed E-state index contributed by atoms with van der Waals surface area (Å²) in [5, 5.41) is 15.0. The highest BCUT2D eigenvalue weighted by Crippen LogP contribution is 2.23. The number of amides is 2. The molecule has 0 bridgehead atoms. The fourth-order valence-electron chi connectivity index (χ4n) is 2.72. The van der Waals surface area contributed by atoms with E-state index in [4.69, 9.17) is 17.3 Å². The molecule has 2 atom stereocenters. The molecule has 0 aromatic heterocycles. The van der Waals surface area contributed by atoms with E-state index in [0.717, 1.165) is 0 Å². The van der Waals surface area contributed by atoms with Crippen molar-refractivity contribution in [2.24, 2.45) is 5.41 Å². The van der Waals surface area contributed by atoms with Crippen LogP contribution >= 0.6 is 11.6 Å². The van der Waals surface area contributed by atoms with Gasteiger partial charge < -0.3 is 21.5 Å². The van der Waals surface area contributed by atoms with E-state index in [9.17, 15) is 19.5 Å². The lowest BCUT2D eigenvalue weighted by Gasteiger charge is -2.31. The summed E-state index contributed by atoms with van der Waals surface area (Å²) >= 11 is 5.97. The molecule has 0 aliphatic carbocycles. The highest BCUT2D eigenvalue weighted by molar-refractivity contribution is 6.33. The minimum atomic E-state index is -1.24. The molecule has 7 nitrogen and oxygen atoms in total. The number of benzene rings is 2. The predicted molar refractivity (Wildman–Crippen MR) is 112 cm³/mol. The maximum Gasteiger partial charge on any atom is 0.330 e. The molecule has 2 aromatic carbocycles. The van der Waals surface area contributed by atoms with E-state index in [1.807, 2.05) is 0 Å². The fraction of sp³-hybridized carbons (Fsp3) is 0.286. The molecule has 2 amide bonds. The summed E-state index contributed by atoms with van der Waals surface area (Å²) in [5.41, 5.74) is 5.98. The van der Waals surface area contributed by atoms with E-state index in [1.165, 1.54) is 18.2 Å². The van der Waals surface area contributed by atoms with Crippen molar-refractivity contribution in [1.82, 2.24) is 10.6 Å². The minimum absolute atomic E-state index is 0.226. The molecule has 8 heteroatoms. The second-order valence-corrected chi connectivity index (χ2v) is 8.11.